The van der Waals surface area contributed by atoms with E-state index in [1.165, 1.54) is 36.4 Å². The van der Waals surface area contributed by atoms with Gasteiger partial charge in [0.15, 0.2) is 6.61 Å². The van der Waals surface area contributed by atoms with Crippen LogP contribution in [-0.2, 0) is 19.6 Å². The molecule has 0 aliphatic heterocycles. The molecule has 0 saturated carbocycles. The van der Waals surface area contributed by atoms with Gasteiger partial charge in [0.05, 0.1) is 20.5 Å². The van der Waals surface area contributed by atoms with Gasteiger partial charge in [0.2, 0.25) is 0 Å². The number of sulfonamides is 1. The highest BCUT2D eigenvalue weighted by Gasteiger charge is 2.22. The summed E-state index contributed by atoms with van der Waals surface area (Å²) in [4.78, 5) is 34.4. The highest BCUT2D eigenvalue weighted by Crippen LogP contribution is 2.27. The number of phenolic OH excluding ortho intramolecular Hbond substituents is 1. The Bertz CT molecular complexity index is 1380. The third kappa shape index (κ3) is 5.79. The summed E-state index contributed by atoms with van der Waals surface area (Å²) < 4.78 is 32.4. The molecule has 3 aromatic carbocycles. The van der Waals surface area contributed by atoms with Gasteiger partial charge in [-0.05, 0) is 36.4 Å². The van der Waals surface area contributed by atoms with Crippen LogP contribution in [0, 0.1) is 10.1 Å². The van der Waals surface area contributed by atoms with Crippen molar-refractivity contribution in [2.45, 2.75) is 4.90 Å². The van der Waals surface area contributed by atoms with Crippen molar-refractivity contribution < 1.29 is 32.8 Å². The summed E-state index contributed by atoms with van der Waals surface area (Å²) in [5.74, 6) is -2.66. The van der Waals surface area contributed by atoms with E-state index in [1.54, 1.807) is 12.1 Å². The number of benzene rings is 3. The number of rotatable bonds is 8. The summed E-state index contributed by atoms with van der Waals surface area (Å²) >= 11 is 5.96. The molecule has 3 N–H and O–H groups in total. The van der Waals surface area contributed by atoms with E-state index in [0.717, 1.165) is 18.2 Å². The number of hydrogen-bond donors (Lipinski definition) is 3. The number of nitro benzene ring substituents is 1. The molecule has 11 nitrogen and oxygen atoms in total. The molecule has 0 saturated heterocycles. The number of nitrogens with one attached hydrogen (secondary N) is 2. The van der Waals surface area contributed by atoms with Crippen LogP contribution in [0.5, 0.6) is 5.75 Å². The lowest BCUT2D eigenvalue weighted by Crippen LogP contribution is -2.21. The van der Waals surface area contributed by atoms with Crippen LogP contribution in [0.2, 0.25) is 5.02 Å². The number of halogens is 1. The second-order valence-electron chi connectivity index (χ2n) is 6.66. The number of para-hydroxylation sites is 3. The molecule has 0 radical (unpaired) electrons. The van der Waals surface area contributed by atoms with E-state index in [9.17, 15) is 33.2 Å². The van der Waals surface area contributed by atoms with E-state index in [2.05, 4.69) is 10.0 Å². The SMILES string of the molecule is O=C(COC(=O)c1cc(S(=O)(=O)Nc2ccccc2Cl)ccc1O)Nc1ccccc1[N+](=O)[O-]. The van der Waals surface area contributed by atoms with E-state index in [4.69, 9.17) is 16.3 Å². The molecule has 0 aromatic heterocycles. The highest BCUT2D eigenvalue weighted by atomic mass is 35.5. The molecule has 13 heteroatoms. The van der Waals surface area contributed by atoms with Gasteiger partial charge in [-0.2, -0.15) is 0 Å². The average molecular weight is 506 g/mol. The smallest absolute Gasteiger partial charge is 0.342 e. The van der Waals surface area contributed by atoms with Gasteiger partial charge < -0.3 is 15.2 Å². The lowest BCUT2D eigenvalue weighted by molar-refractivity contribution is -0.383. The van der Waals surface area contributed by atoms with Gasteiger partial charge in [-0.25, -0.2) is 13.2 Å². The molecule has 0 fully saturated rings. The first-order valence-electron chi connectivity index (χ1n) is 9.39. The van der Waals surface area contributed by atoms with Gasteiger partial charge >= 0.3 is 5.97 Å². The maximum atomic E-state index is 12.7. The van der Waals surface area contributed by atoms with Crippen LogP contribution in [0.3, 0.4) is 0 Å². The quantitative estimate of drug-likeness (QED) is 0.237. The minimum absolute atomic E-state index is 0.102. The summed E-state index contributed by atoms with van der Waals surface area (Å²) in [6.45, 7) is -0.848. The van der Waals surface area contributed by atoms with Crippen LogP contribution >= 0.6 is 11.6 Å². The van der Waals surface area contributed by atoms with E-state index in [1.807, 2.05) is 0 Å². The molecule has 0 aliphatic carbocycles. The number of anilines is 2. The third-order valence-corrected chi connectivity index (χ3v) is 6.02. The monoisotopic (exact) mass is 505 g/mol. The largest absolute Gasteiger partial charge is 0.507 e. The minimum atomic E-state index is -4.19. The lowest BCUT2D eigenvalue weighted by atomic mass is 10.2. The first kappa shape index (κ1) is 24.5. The van der Waals surface area contributed by atoms with Crippen molar-refractivity contribution in [1.29, 1.82) is 0 Å². The number of phenols is 1. The van der Waals surface area contributed by atoms with E-state index < -0.39 is 44.7 Å². The summed E-state index contributed by atoms with van der Waals surface area (Å²) in [5.41, 5.74) is -0.868. The predicted molar refractivity (Wildman–Crippen MR) is 122 cm³/mol. The molecule has 0 spiro atoms. The van der Waals surface area contributed by atoms with Crippen LogP contribution in [0.25, 0.3) is 0 Å². The molecule has 3 rings (SSSR count). The Morgan fingerprint density at radius 3 is 2.35 bits per heavy atom. The second kappa shape index (κ2) is 10.2. The predicted octanol–water partition coefficient (Wildman–Crippen LogP) is 3.55. The second-order valence-corrected chi connectivity index (χ2v) is 8.75. The van der Waals surface area contributed by atoms with Crippen molar-refractivity contribution in [2.24, 2.45) is 0 Å². The van der Waals surface area contributed by atoms with Crippen molar-refractivity contribution in [1.82, 2.24) is 0 Å². The summed E-state index contributed by atoms with van der Waals surface area (Å²) in [5, 5.41) is 23.4. The summed E-state index contributed by atoms with van der Waals surface area (Å²) in [7, 11) is -4.19. The molecule has 0 unspecified atom stereocenters. The Balaban J connectivity index is 1.72. The number of amides is 1. The standard InChI is InChI=1S/C21H16ClN3O8S/c22-15-5-1-2-6-16(15)24-34(31,32)13-9-10-19(26)14(11-13)21(28)33-12-20(27)23-17-7-3-4-8-18(17)25(29)30/h1-11,24,26H,12H2,(H,23,27). The van der Waals surface area contributed by atoms with Gasteiger partial charge in [0, 0.05) is 6.07 Å². The Morgan fingerprint density at radius 1 is 1.03 bits per heavy atom. The zero-order valence-electron chi connectivity index (χ0n) is 17.1. The molecule has 176 valence electrons. The number of hydrogen-bond acceptors (Lipinski definition) is 8. The maximum absolute atomic E-state index is 12.7. The Morgan fingerprint density at radius 2 is 1.68 bits per heavy atom. The van der Waals surface area contributed by atoms with Crippen molar-refractivity contribution >= 4 is 50.6 Å². The Kier molecular flexibility index (Phi) is 7.34. The van der Waals surface area contributed by atoms with E-state index in [-0.39, 0.29) is 27.0 Å². The van der Waals surface area contributed by atoms with E-state index >= 15 is 0 Å². The van der Waals surface area contributed by atoms with Crippen molar-refractivity contribution in [3.63, 3.8) is 0 Å². The molecule has 34 heavy (non-hydrogen) atoms. The Hall–Kier alpha value is -4.16. The zero-order valence-corrected chi connectivity index (χ0v) is 18.7. The fourth-order valence-electron chi connectivity index (χ4n) is 2.73. The van der Waals surface area contributed by atoms with E-state index in [0.29, 0.717) is 0 Å². The normalized spacial score (nSPS) is 10.9. The number of carbonyl (C=O) groups is 2. The molecule has 0 aliphatic rings. The number of esters is 1. The molecule has 1 amide bonds. The summed E-state index contributed by atoms with van der Waals surface area (Å²) in [6, 6.07) is 14.4. The molecule has 0 heterocycles. The van der Waals surface area contributed by atoms with Gasteiger partial charge in [0.25, 0.3) is 21.6 Å². The molecule has 3 aromatic rings. The molecule has 0 atom stereocenters. The van der Waals surface area contributed by atoms with Crippen LogP contribution in [-0.4, -0.2) is 36.9 Å². The van der Waals surface area contributed by atoms with Crippen LogP contribution in [0.4, 0.5) is 17.1 Å². The number of nitrogens with zero attached hydrogens (tertiary/aromatic N) is 1. The number of aromatic hydroxyl groups is 1. The van der Waals surface area contributed by atoms with Crippen LogP contribution in [0.15, 0.2) is 71.6 Å². The van der Waals surface area contributed by atoms with Crippen molar-refractivity contribution in [2.75, 3.05) is 16.6 Å². The topological polar surface area (TPSA) is 165 Å². The van der Waals surface area contributed by atoms with Gasteiger partial charge in [-0.3, -0.25) is 19.6 Å². The van der Waals surface area contributed by atoms with Crippen molar-refractivity contribution in [3.8, 4) is 5.75 Å². The van der Waals surface area contributed by atoms with Crippen LogP contribution in [0.1, 0.15) is 10.4 Å². The first-order chi connectivity index (χ1) is 16.1. The molecular formula is C21H16ClN3O8S. The fraction of sp³-hybridized carbons (Fsp3) is 0.0476. The fourth-order valence-corrected chi connectivity index (χ4v) is 4.07. The average Bonchev–Trinajstić information content (AvgIpc) is 2.79. The van der Waals surface area contributed by atoms with Gasteiger partial charge in [-0.1, -0.05) is 35.9 Å². The summed E-state index contributed by atoms with van der Waals surface area (Å²) in [6.07, 6.45) is 0. The zero-order chi connectivity index (χ0) is 24.9. The highest BCUT2D eigenvalue weighted by molar-refractivity contribution is 7.92. The maximum Gasteiger partial charge on any atom is 0.342 e. The number of nitro groups is 1. The lowest BCUT2D eigenvalue weighted by Gasteiger charge is -2.12. The first-order valence-corrected chi connectivity index (χ1v) is 11.3. The number of carbonyl (C=O) groups excluding carboxylic acids is 2. The molecule has 0 bridgehead atoms. The van der Waals surface area contributed by atoms with Crippen LogP contribution < -0.4 is 10.0 Å². The Labute approximate surface area is 198 Å². The molecular weight excluding hydrogens is 490 g/mol. The minimum Gasteiger partial charge on any atom is -0.507 e. The number of ether oxygens (including phenoxy) is 1. The van der Waals surface area contributed by atoms with Gasteiger partial charge in [-0.15, -0.1) is 0 Å². The van der Waals surface area contributed by atoms with Crippen molar-refractivity contribution in [3.05, 3.63) is 87.4 Å². The van der Waals surface area contributed by atoms with Gasteiger partial charge in [0.1, 0.15) is 17.0 Å². The third-order valence-electron chi connectivity index (χ3n) is 4.33.